The maximum atomic E-state index is 13.5. The fraction of sp³-hybridized carbons (Fsp3) is 0.417. The molecule has 0 aromatic heterocycles. The van der Waals surface area contributed by atoms with Gasteiger partial charge in [-0.05, 0) is 50.8 Å². The maximum absolute atomic E-state index is 13.5. The third-order valence-electron chi connectivity index (χ3n) is 5.54. The van der Waals surface area contributed by atoms with Gasteiger partial charge in [-0.15, -0.1) is 0 Å². The van der Waals surface area contributed by atoms with Gasteiger partial charge in [0.1, 0.15) is 6.23 Å². The second-order valence-electron chi connectivity index (χ2n) is 8.40. The number of carbonyl (C=O) groups excluding carboxylic acids is 2. The number of nitrogens with one attached hydrogen (secondary N) is 2. The zero-order valence-electron chi connectivity index (χ0n) is 19.5. The monoisotopic (exact) mass is 473 g/mol. The Hall–Kier alpha value is -2.75. The predicted molar refractivity (Wildman–Crippen MR) is 125 cm³/mol. The molecule has 0 spiro atoms. The van der Waals surface area contributed by atoms with E-state index in [-0.39, 0.29) is 24.5 Å². The lowest BCUT2D eigenvalue weighted by atomic mass is 10.1. The number of carbonyl (C=O) groups is 2. The highest BCUT2D eigenvalue weighted by molar-refractivity contribution is 7.89. The van der Waals surface area contributed by atoms with Crippen molar-refractivity contribution in [1.29, 1.82) is 0 Å². The van der Waals surface area contributed by atoms with Gasteiger partial charge in [0, 0.05) is 13.1 Å². The third-order valence-corrected chi connectivity index (χ3v) is 7.74. The lowest BCUT2D eigenvalue weighted by molar-refractivity contribution is -0.140. The SMILES string of the molecule is Cc1ccc(CNC(=O)C(=O)NC[C@@H]2OCCCN2S(=O)(=O)c2c(C)cc(C)cc2C)cc1. The number of sulfonamides is 1. The van der Waals surface area contributed by atoms with Gasteiger partial charge in [-0.2, -0.15) is 4.31 Å². The second kappa shape index (κ2) is 10.5. The molecule has 0 unspecified atom stereocenters. The van der Waals surface area contributed by atoms with Crippen LogP contribution in [-0.4, -0.2) is 50.5 Å². The average Bonchev–Trinajstić information content (AvgIpc) is 2.76. The number of hydrogen-bond acceptors (Lipinski definition) is 5. The molecular formula is C24H31N3O5S. The van der Waals surface area contributed by atoms with Gasteiger partial charge in [0.05, 0.1) is 18.0 Å². The Labute approximate surface area is 195 Å². The summed E-state index contributed by atoms with van der Waals surface area (Å²) in [5.74, 6) is -1.62. The Morgan fingerprint density at radius 2 is 1.58 bits per heavy atom. The summed E-state index contributed by atoms with van der Waals surface area (Å²) < 4.78 is 33.9. The average molecular weight is 474 g/mol. The van der Waals surface area contributed by atoms with Crippen molar-refractivity contribution in [3.8, 4) is 0 Å². The van der Waals surface area contributed by atoms with Crippen molar-refractivity contribution in [2.45, 2.75) is 51.8 Å². The highest BCUT2D eigenvalue weighted by Crippen LogP contribution is 2.28. The number of ether oxygens (including phenoxy) is 1. The molecule has 2 N–H and O–H groups in total. The van der Waals surface area contributed by atoms with Gasteiger partial charge in [-0.3, -0.25) is 9.59 Å². The summed E-state index contributed by atoms with van der Waals surface area (Å²) in [6.45, 7) is 8.17. The molecular weight excluding hydrogens is 442 g/mol. The van der Waals surface area contributed by atoms with Crippen LogP contribution in [0.1, 0.15) is 34.2 Å². The molecule has 9 heteroatoms. The summed E-state index contributed by atoms with van der Waals surface area (Å²) in [7, 11) is -3.85. The molecule has 0 saturated carbocycles. The highest BCUT2D eigenvalue weighted by atomic mass is 32.2. The van der Waals surface area contributed by atoms with Crippen LogP contribution in [0.2, 0.25) is 0 Å². The molecule has 2 amide bonds. The zero-order chi connectivity index (χ0) is 24.2. The minimum atomic E-state index is -3.85. The number of hydrogen-bond donors (Lipinski definition) is 2. The Bertz CT molecular complexity index is 1110. The van der Waals surface area contributed by atoms with E-state index in [1.807, 2.05) is 50.2 Å². The van der Waals surface area contributed by atoms with Crippen LogP contribution < -0.4 is 10.6 Å². The number of benzene rings is 2. The molecule has 1 heterocycles. The van der Waals surface area contributed by atoms with Crippen LogP contribution in [-0.2, 0) is 30.9 Å². The summed E-state index contributed by atoms with van der Waals surface area (Å²) >= 11 is 0. The van der Waals surface area contributed by atoms with Crippen LogP contribution in [0, 0.1) is 27.7 Å². The highest BCUT2D eigenvalue weighted by Gasteiger charge is 2.36. The molecule has 1 saturated heterocycles. The smallest absolute Gasteiger partial charge is 0.309 e. The predicted octanol–water partition coefficient (Wildman–Crippen LogP) is 2.09. The molecule has 2 aromatic carbocycles. The summed E-state index contributed by atoms with van der Waals surface area (Å²) in [6, 6.07) is 11.3. The van der Waals surface area contributed by atoms with E-state index in [1.165, 1.54) is 4.31 Å². The van der Waals surface area contributed by atoms with E-state index >= 15 is 0 Å². The second-order valence-corrected chi connectivity index (χ2v) is 10.2. The fourth-order valence-electron chi connectivity index (χ4n) is 4.02. The number of amides is 2. The summed E-state index contributed by atoms with van der Waals surface area (Å²) in [6.07, 6.45) is -0.345. The first-order valence-corrected chi connectivity index (χ1v) is 12.4. The molecule has 8 nitrogen and oxygen atoms in total. The standard InChI is InChI=1S/C24H31N3O5S/c1-16-6-8-20(9-7-16)14-25-23(28)24(29)26-15-21-27(10-5-11-32-21)33(30,31)22-18(3)12-17(2)13-19(22)4/h6-9,12-13,21H,5,10-11,14-15H2,1-4H3,(H,25,28)(H,26,29)/t21-/m0/s1. The maximum Gasteiger partial charge on any atom is 0.309 e. The van der Waals surface area contributed by atoms with Crippen molar-refractivity contribution in [2.75, 3.05) is 19.7 Å². The van der Waals surface area contributed by atoms with Gasteiger partial charge in [0.2, 0.25) is 10.0 Å². The van der Waals surface area contributed by atoms with E-state index in [4.69, 9.17) is 4.74 Å². The van der Waals surface area contributed by atoms with Gasteiger partial charge < -0.3 is 15.4 Å². The van der Waals surface area contributed by atoms with Crippen molar-refractivity contribution in [2.24, 2.45) is 0 Å². The molecule has 1 aliphatic rings. The fourth-order valence-corrected chi connectivity index (χ4v) is 6.00. The van der Waals surface area contributed by atoms with Crippen LogP contribution in [0.15, 0.2) is 41.3 Å². The van der Waals surface area contributed by atoms with Crippen LogP contribution in [0.3, 0.4) is 0 Å². The molecule has 1 fully saturated rings. The zero-order valence-corrected chi connectivity index (χ0v) is 20.3. The van der Waals surface area contributed by atoms with Gasteiger partial charge in [0.25, 0.3) is 0 Å². The van der Waals surface area contributed by atoms with E-state index in [9.17, 15) is 18.0 Å². The molecule has 3 rings (SSSR count). The summed E-state index contributed by atoms with van der Waals surface area (Å²) in [4.78, 5) is 24.7. The molecule has 178 valence electrons. The summed E-state index contributed by atoms with van der Waals surface area (Å²) in [5, 5.41) is 5.08. The minimum Gasteiger partial charge on any atom is -0.360 e. The Morgan fingerprint density at radius 3 is 2.21 bits per heavy atom. The third kappa shape index (κ3) is 5.98. The Morgan fingerprint density at radius 1 is 0.970 bits per heavy atom. The van der Waals surface area contributed by atoms with E-state index < -0.39 is 28.1 Å². The first kappa shape index (κ1) is 24.9. The van der Waals surface area contributed by atoms with Crippen molar-refractivity contribution in [3.63, 3.8) is 0 Å². The largest absolute Gasteiger partial charge is 0.360 e. The molecule has 0 bridgehead atoms. The summed E-state index contributed by atoms with van der Waals surface area (Å²) in [5.41, 5.74) is 4.29. The van der Waals surface area contributed by atoms with Crippen LogP contribution in [0.5, 0.6) is 0 Å². The van der Waals surface area contributed by atoms with Crippen LogP contribution in [0.4, 0.5) is 0 Å². The quantitative estimate of drug-likeness (QED) is 0.625. The van der Waals surface area contributed by atoms with Crippen molar-refractivity contribution in [1.82, 2.24) is 14.9 Å². The van der Waals surface area contributed by atoms with Gasteiger partial charge >= 0.3 is 11.8 Å². The lowest BCUT2D eigenvalue weighted by Gasteiger charge is -2.35. The normalized spacial score (nSPS) is 16.9. The molecule has 0 aliphatic carbocycles. The molecule has 2 aromatic rings. The minimum absolute atomic E-state index is 0.125. The van der Waals surface area contributed by atoms with Crippen molar-refractivity contribution in [3.05, 3.63) is 64.2 Å². The lowest BCUT2D eigenvalue weighted by Crippen LogP contribution is -2.53. The first-order chi connectivity index (χ1) is 15.6. The first-order valence-electron chi connectivity index (χ1n) is 10.9. The molecule has 33 heavy (non-hydrogen) atoms. The number of aryl methyl sites for hydroxylation is 4. The van der Waals surface area contributed by atoms with Crippen LogP contribution in [0.25, 0.3) is 0 Å². The topological polar surface area (TPSA) is 105 Å². The van der Waals surface area contributed by atoms with Gasteiger partial charge in [-0.25, -0.2) is 8.42 Å². The van der Waals surface area contributed by atoms with E-state index in [1.54, 1.807) is 13.8 Å². The van der Waals surface area contributed by atoms with Gasteiger partial charge in [0.15, 0.2) is 0 Å². The molecule has 1 atom stereocenters. The van der Waals surface area contributed by atoms with Gasteiger partial charge in [-0.1, -0.05) is 47.5 Å². The van der Waals surface area contributed by atoms with E-state index in [0.29, 0.717) is 24.2 Å². The Balaban J connectivity index is 1.65. The number of nitrogens with zero attached hydrogens (tertiary/aromatic N) is 1. The molecule has 1 aliphatic heterocycles. The van der Waals surface area contributed by atoms with Crippen LogP contribution >= 0.6 is 0 Å². The molecule has 0 radical (unpaired) electrons. The Kier molecular flexibility index (Phi) is 7.88. The number of rotatable bonds is 6. The van der Waals surface area contributed by atoms with Crippen molar-refractivity contribution < 1.29 is 22.7 Å². The van der Waals surface area contributed by atoms with E-state index in [0.717, 1.165) is 16.7 Å². The van der Waals surface area contributed by atoms with E-state index in [2.05, 4.69) is 10.6 Å². The van der Waals surface area contributed by atoms with Crippen molar-refractivity contribution >= 4 is 21.8 Å².